The Morgan fingerprint density at radius 1 is 1.03 bits per heavy atom. The fraction of sp³-hybridized carbons (Fsp3) is 0.440. The monoisotopic (exact) mass is 509 g/mol. The van der Waals surface area contributed by atoms with E-state index in [1.165, 1.54) is 11.0 Å². The van der Waals surface area contributed by atoms with Crippen LogP contribution in [0.1, 0.15) is 44.2 Å². The molecule has 0 radical (unpaired) electrons. The van der Waals surface area contributed by atoms with E-state index < -0.39 is 27.7 Å². The number of nitrogens with one attached hydrogen (secondary N) is 1. The van der Waals surface area contributed by atoms with Crippen LogP contribution in [-0.2, 0) is 26.2 Å². The van der Waals surface area contributed by atoms with E-state index in [0.29, 0.717) is 13.0 Å². The predicted molar refractivity (Wildman–Crippen MR) is 132 cm³/mol. The summed E-state index contributed by atoms with van der Waals surface area (Å²) in [6.07, 6.45) is 1.47. The minimum absolute atomic E-state index is 0.0240. The van der Waals surface area contributed by atoms with Crippen LogP contribution < -0.4 is 9.62 Å². The van der Waals surface area contributed by atoms with Crippen LogP contribution in [0.25, 0.3) is 0 Å². The van der Waals surface area contributed by atoms with Crippen molar-refractivity contribution in [1.29, 1.82) is 0 Å². The molecule has 1 N–H and O–H groups in total. The van der Waals surface area contributed by atoms with Gasteiger partial charge in [-0.3, -0.25) is 13.9 Å². The van der Waals surface area contributed by atoms with Crippen molar-refractivity contribution in [2.75, 3.05) is 23.7 Å². The van der Waals surface area contributed by atoms with E-state index in [0.717, 1.165) is 33.8 Å². The second-order valence-electron chi connectivity index (χ2n) is 8.36. The van der Waals surface area contributed by atoms with Gasteiger partial charge in [0, 0.05) is 32.1 Å². The third kappa shape index (κ3) is 8.02. The summed E-state index contributed by atoms with van der Waals surface area (Å²) in [6.45, 7) is 6.13. The van der Waals surface area contributed by atoms with E-state index in [1.807, 2.05) is 38.1 Å². The molecule has 0 unspecified atom stereocenters. The highest BCUT2D eigenvalue weighted by atomic mass is 32.2. The lowest BCUT2D eigenvalue weighted by Gasteiger charge is -2.31. The van der Waals surface area contributed by atoms with Gasteiger partial charge in [-0.2, -0.15) is 0 Å². The average molecular weight is 510 g/mol. The number of amides is 2. The zero-order valence-corrected chi connectivity index (χ0v) is 21.4. The largest absolute Gasteiger partial charge is 0.355 e. The highest BCUT2D eigenvalue weighted by Crippen LogP contribution is 2.22. The molecule has 35 heavy (non-hydrogen) atoms. The number of aryl methyl sites for hydroxylation is 1. The lowest BCUT2D eigenvalue weighted by Crippen LogP contribution is -2.49. The second kappa shape index (κ2) is 12.6. The van der Waals surface area contributed by atoms with Crippen LogP contribution in [0, 0.1) is 18.6 Å². The number of anilines is 1. The Balaban J connectivity index is 2.21. The van der Waals surface area contributed by atoms with Gasteiger partial charge in [0.25, 0.3) is 0 Å². The Kier molecular flexibility index (Phi) is 10.2. The molecule has 10 heteroatoms. The van der Waals surface area contributed by atoms with Crippen molar-refractivity contribution in [3.63, 3.8) is 0 Å². The third-order valence-corrected chi connectivity index (χ3v) is 6.75. The van der Waals surface area contributed by atoms with Crippen molar-refractivity contribution in [3.05, 3.63) is 65.2 Å². The molecule has 0 saturated heterocycles. The molecular formula is C25H33F2N3O4S. The summed E-state index contributed by atoms with van der Waals surface area (Å²) in [7, 11) is -3.80. The zero-order chi connectivity index (χ0) is 26.2. The van der Waals surface area contributed by atoms with Crippen molar-refractivity contribution in [2.45, 2.75) is 52.6 Å². The standard InChI is InChI=1S/C25H33F2N3O4S/c1-5-23(25(32)28-6-2)29(17-19-11-9-18(3)10-12-19)24(31)8-7-15-30(35(4,33)34)20-13-14-21(26)22(27)16-20/h9-14,16,23H,5-8,15,17H2,1-4H3,(H,28,32)/t23-/m0/s1. The molecular weight excluding hydrogens is 476 g/mol. The van der Waals surface area contributed by atoms with E-state index in [1.54, 1.807) is 6.92 Å². The smallest absolute Gasteiger partial charge is 0.242 e. The number of nitrogens with zero attached hydrogens (tertiary/aromatic N) is 2. The molecule has 2 aromatic carbocycles. The molecule has 2 rings (SSSR count). The van der Waals surface area contributed by atoms with Gasteiger partial charge in [-0.15, -0.1) is 0 Å². The number of halogens is 2. The summed E-state index contributed by atoms with van der Waals surface area (Å²) in [4.78, 5) is 27.4. The van der Waals surface area contributed by atoms with E-state index >= 15 is 0 Å². The highest BCUT2D eigenvalue weighted by Gasteiger charge is 2.28. The van der Waals surface area contributed by atoms with E-state index in [-0.39, 0.29) is 43.4 Å². The molecule has 0 bridgehead atoms. The number of sulfonamides is 1. The van der Waals surface area contributed by atoms with Gasteiger partial charge in [0.15, 0.2) is 11.6 Å². The van der Waals surface area contributed by atoms with Gasteiger partial charge in [-0.25, -0.2) is 17.2 Å². The Morgan fingerprint density at radius 2 is 1.69 bits per heavy atom. The van der Waals surface area contributed by atoms with Crippen molar-refractivity contribution >= 4 is 27.5 Å². The number of carbonyl (C=O) groups is 2. The maximum absolute atomic E-state index is 13.7. The molecule has 2 amide bonds. The molecule has 0 fully saturated rings. The van der Waals surface area contributed by atoms with Crippen LogP contribution in [0.4, 0.5) is 14.5 Å². The summed E-state index contributed by atoms with van der Waals surface area (Å²) in [5.74, 6) is -2.80. The number of hydrogen-bond acceptors (Lipinski definition) is 4. The number of hydrogen-bond donors (Lipinski definition) is 1. The van der Waals surface area contributed by atoms with Crippen LogP contribution in [0.5, 0.6) is 0 Å². The molecule has 192 valence electrons. The van der Waals surface area contributed by atoms with Gasteiger partial charge < -0.3 is 10.2 Å². The highest BCUT2D eigenvalue weighted by molar-refractivity contribution is 7.92. The van der Waals surface area contributed by atoms with Crippen LogP contribution in [0.2, 0.25) is 0 Å². The first-order valence-corrected chi connectivity index (χ1v) is 13.4. The third-order valence-electron chi connectivity index (χ3n) is 5.55. The summed E-state index contributed by atoms with van der Waals surface area (Å²) in [5, 5.41) is 2.77. The van der Waals surface area contributed by atoms with Crippen LogP contribution in [0.3, 0.4) is 0 Å². The fourth-order valence-electron chi connectivity index (χ4n) is 3.75. The Labute approximate surface area is 206 Å². The topological polar surface area (TPSA) is 86.8 Å². The molecule has 0 aliphatic rings. The first-order chi connectivity index (χ1) is 16.5. The number of benzene rings is 2. The van der Waals surface area contributed by atoms with Crippen molar-refractivity contribution in [2.24, 2.45) is 0 Å². The maximum Gasteiger partial charge on any atom is 0.242 e. The lowest BCUT2D eigenvalue weighted by atomic mass is 10.1. The molecule has 0 aliphatic carbocycles. The molecule has 1 atom stereocenters. The average Bonchev–Trinajstić information content (AvgIpc) is 2.79. The zero-order valence-electron chi connectivity index (χ0n) is 20.6. The van der Waals surface area contributed by atoms with Gasteiger partial charge in [-0.05, 0) is 44.4 Å². The van der Waals surface area contributed by atoms with E-state index in [2.05, 4.69) is 5.32 Å². The minimum Gasteiger partial charge on any atom is -0.355 e. The Morgan fingerprint density at radius 3 is 2.23 bits per heavy atom. The van der Waals surface area contributed by atoms with Crippen LogP contribution >= 0.6 is 0 Å². The molecule has 0 aliphatic heterocycles. The Bertz CT molecular complexity index is 1120. The second-order valence-corrected chi connectivity index (χ2v) is 10.3. The van der Waals surface area contributed by atoms with Crippen molar-refractivity contribution < 1.29 is 26.8 Å². The van der Waals surface area contributed by atoms with E-state index in [9.17, 15) is 26.8 Å². The van der Waals surface area contributed by atoms with Crippen molar-refractivity contribution in [1.82, 2.24) is 10.2 Å². The summed E-state index contributed by atoms with van der Waals surface area (Å²) < 4.78 is 52.5. The normalized spacial score (nSPS) is 12.2. The van der Waals surface area contributed by atoms with Crippen LogP contribution in [-0.4, -0.2) is 50.5 Å². The van der Waals surface area contributed by atoms with Crippen LogP contribution in [0.15, 0.2) is 42.5 Å². The van der Waals surface area contributed by atoms with Gasteiger partial charge in [0.05, 0.1) is 11.9 Å². The fourth-order valence-corrected chi connectivity index (χ4v) is 4.70. The number of likely N-dealkylation sites (N-methyl/N-ethyl adjacent to an activating group) is 1. The van der Waals surface area contributed by atoms with Gasteiger partial charge in [-0.1, -0.05) is 36.8 Å². The first-order valence-electron chi connectivity index (χ1n) is 11.5. The molecule has 2 aromatic rings. The summed E-state index contributed by atoms with van der Waals surface area (Å²) in [5.41, 5.74) is 1.91. The first kappa shape index (κ1) is 28.2. The molecule has 0 heterocycles. The molecule has 0 aromatic heterocycles. The summed E-state index contributed by atoms with van der Waals surface area (Å²) in [6, 6.07) is 9.81. The van der Waals surface area contributed by atoms with Gasteiger partial charge in [0.2, 0.25) is 21.8 Å². The summed E-state index contributed by atoms with van der Waals surface area (Å²) >= 11 is 0. The lowest BCUT2D eigenvalue weighted by molar-refractivity contribution is -0.141. The van der Waals surface area contributed by atoms with Gasteiger partial charge >= 0.3 is 0 Å². The number of carbonyl (C=O) groups excluding carboxylic acids is 2. The Hall–Kier alpha value is -3.01. The predicted octanol–water partition coefficient (Wildman–Crippen LogP) is 3.76. The SMILES string of the molecule is CCNC(=O)[C@H](CC)N(Cc1ccc(C)cc1)C(=O)CCCN(c1ccc(F)c(F)c1)S(C)(=O)=O. The minimum atomic E-state index is -3.80. The molecule has 0 saturated carbocycles. The molecule has 0 spiro atoms. The van der Waals surface area contributed by atoms with Crippen molar-refractivity contribution in [3.8, 4) is 0 Å². The van der Waals surface area contributed by atoms with E-state index in [4.69, 9.17) is 0 Å². The number of rotatable bonds is 12. The molecule has 7 nitrogen and oxygen atoms in total. The maximum atomic E-state index is 13.7. The van der Waals surface area contributed by atoms with Gasteiger partial charge in [0.1, 0.15) is 6.04 Å². The quantitative estimate of drug-likeness (QED) is 0.472.